The molecule has 0 aliphatic heterocycles. The van der Waals surface area contributed by atoms with Crippen LogP contribution in [-0.2, 0) is 6.61 Å². The smallest absolute Gasteiger partial charge is 0.204 e. The van der Waals surface area contributed by atoms with Gasteiger partial charge in [-0.1, -0.05) is 41.7 Å². The number of ether oxygens (including phenoxy) is 2. The minimum Gasteiger partial charge on any atom is -0.490 e. The lowest BCUT2D eigenvalue weighted by Gasteiger charge is -2.13. The molecule has 0 fully saturated rings. The van der Waals surface area contributed by atoms with Gasteiger partial charge in [-0.05, 0) is 48.9 Å². The van der Waals surface area contributed by atoms with Crippen LogP contribution >= 0.6 is 11.3 Å². The van der Waals surface area contributed by atoms with Gasteiger partial charge in [-0.25, -0.2) is 4.98 Å². The van der Waals surface area contributed by atoms with Gasteiger partial charge in [0.05, 0.1) is 34.7 Å². The van der Waals surface area contributed by atoms with Gasteiger partial charge in [0.15, 0.2) is 11.5 Å². The fourth-order valence-electron chi connectivity index (χ4n) is 2.99. The van der Waals surface area contributed by atoms with E-state index in [2.05, 4.69) is 21.6 Å². The van der Waals surface area contributed by atoms with E-state index in [1.165, 1.54) is 0 Å². The summed E-state index contributed by atoms with van der Waals surface area (Å²) in [6.45, 7) is 2.72. The summed E-state index contributed by atoms with van der Waals surface area (Å²) >= 11 is 1.55. The van der Waals surface area contributed by atoms with E-state index in [9.17, 15) is 5.26 Å². The first kappa shape index (κ1) is 20.4. The molecule has 0 bridgehead atoms. The molecule has 6 nitrogen and oxygen atoms in total. The molecule has 0 atom stereocenters. The van der Waals surface area contributed by atoms with E-state index >= 15 is 0 Å². The van der Waals surface area contributed by atoms with Crippen molar-refractivity contribution in [1.82, 2.24) is 4.98 Å². The van der Waals surface area contributed by atoms with Crippen molar-refractivity contribution in [3.8, 4) is 17.6 Å². The molecule has 1 N–H and O–H groups in total. The Labute approximate surface area is 184 Å². The van der Waals surface area contributed by atoms with E-state index in [0.29, 0.717) is 23.7 Å². The van der Waals surface area contributed by atoms with Crippen LogP contribution in [0.2, 0.25) is 0 Å². The Hall–Kier alpha value is -3.89. The summed E-state index contributed by atoms with van der Waals surface area (Å²) in [4.78, 5) is 4.50. The third kappa shape index (κ3) is 5.00. The quantitative estimate of drug-likeness (QED) is 0.292. The molecular formula is C24H20N4O2S. The maximum Gasteiger partial charge on any atom is 0.204 e. The van der Waals surface area contributed by atoms with E-state index < -0.39 is 0 Å². The topological polar surface area (TPSA) is 79.5 Å². The standard InChI is InChI=1S/C24H20N4O2S/c1-2-29-22-13-17(15-26-28-24-27-20-9-5-6-10-23(20)31-24)11-12-21(22)30-16-19-8-4-3-7-18(19)14-25/h3-13,15H,2,16H2,1H3,(H,27,28)/b26-15+. The third-order valence-corrected chi connectivity index (χ3v) is 5.40. The predicted octanol–water partition coefficient (Wildman–Crippen LogP) is 5.59. The number of anilines is 1. The zero-order valence-corrected chi connectivity index (χ0v) is 17.7. The number of nitriles is 1. The maximum atomic E-state index is 9.24. The molecule has 0 saturated heterocycles. The molecule has 0 spiro atoms. The number of hydrazone groups is 1. The molecule has 0 amide bonds. The van der Waals surface area contributed by atoms with Crippen molar-refractivity contribution in [2.45, 2.75) is 13.5 Å². The average molecular weight is 429 g/mol. The van der Waals surface area contributed by atoms with Crippen LogP contribution < -0.4 is 14.9 Å². The van der Waals surface area contributed by atoms with Crippen LogP contribution in [0.25, 0.3) is 10.2 Å². The molecule has 4 aromatic rings. The number of benzene rings is 3. The first-order valence-corrected chi connectivity index (χ1v) is 10.6. The molecule has 154 valence electrons. The molecule has 1 heterocycles. The van der Waals surface area contributed by atoms with Crippen LogP contribution in [0.3, 0.4) is 0 Å². The number of fused-ring (bicyclic) bond motifs is 1. The highest BCUT2D eigenvalue weighted by Crippen LogP contribution is 2.29. The molecule has 31 heavy (non-hydrogen) atoms. The first-order chi connectivity index (χ1) is 15.3. The van der Waals surface area contributed by atoms with Gasteiger partial charge in [-0.15, -0.1) is 0 Å². The van der Waals surface area contributed by atoms with Crippen molar-refractivity contribution in [1.29, 1.82) is 5.26 Å². The van der Waals surface area contributed by atoms with Crippen LogP contribution in [0.5, 0.6) is 11.5 Å². The minimum absolute atomic E-state index is 0.288. The third-order valence-electron chi connectivity index (χ3n) is 4.46. The van der Waals surface area contributed by atoms with Crippen molar-refractivity contribution in [3.63, 3.8) is 0 Å². The number of rotatable bonds is 8. The number of thiazole rings is 1. The molecule has 0 radical (unpaired) electrons. The lowest BCUT2D eigenvalue weighted by molar-refractivity contribution is 0.269. The number of hydrogen-bond acceptors (Lipinski definition) is 7. The zero-order valence-electron chi connectivity index (χ0n) is 16.9. The van der Waals surface area contributed by atoms with E-state index in [1.807, 2.05) is 67.6 Å². The van der Waals surface area contributed by atoms with Crippen molar-refractivity contribution < 1.29 is 9.47 Å². The maximum absolute atomic E-state index is 9.24. The van der Waals surface area contributed by atoms with Gasteiger partial charge in [0.1, 0.15) is 6.61 Å². The fourth-order valence-corrected chi connectivity index (χ4v) is 3.80. The van der Waals surface area contributed by atoms with Crippen LogP contribution in [0.15, 0.2) is 71.8 Å². The second kappa shape index (κ2) is 9.74. The van der Waals surface area contributed by atoms with Gasteiger partial charge in [0, 0.05) is 5.56 Å². The van der Waals surface area contributed by atoms with Crippen molar-refractivity contribution in [2.24, 2.45) is 5.10 Å². The fraction of sp³-hybridized carbons (Fsp3) is 0.125. The highest BCUT2D eigenvalue weighted by Gasteiger charge is 2.08. The molecule has 0 saturated carbocycles. The summed E-state index contributed by atoms with van der Waals surface area (Å²) in [7, 11) is 0. The summed E-state index contributed by atoms with van der Waals surface area (Å²) in [6, 6.07) is 23.2. The lowest BCUT2D eigenvalue weighted by atomic mass is 10.1. The second-order valence-electron chi connectivity index (χ2n) is 6.55. The summed E-state index contributed by atoms with van der Waals surface area (Å²) < 4.78 is 12.8. The van der Waals surface area contributed by atoms with Gasteiger partial charge in [0.2, 0.25) is 5.13 Å². The Morgan fingerprint density at radius 1 is 1.06 bits per heavy atom. The summed E-state index contributed by atoms with van der Waals surface area (Å²) in [5.41, 5.74) is 6.23. The van der Waals surface area contributed by atoms with Crippen molar-refractivity contribution >= 4 is 32.9 Å². The summed E-state index contributed by atoms with van der Waals surface area (Å²) in [5.74, 6) is 1.24. The summed E-state index contributed by atoms with van der Waals surface area (Å²) in [6.07, 6.45) is 1.71. The Kier molecular flexibility index (Phi) is 6.41. The van der Waals surface area contributed by atoms with Crippen LogP contribution in [0.1, 0.15) is 23.6 Å². The molecule has 3 aromatic carbocycles. The van der Waals surface area contributed by atoms with Crippen LogP contribution in [0, 0.1) is 11.3 Å². The minimum atomic E-state index is 0.288. The van der Waals surface area contributed by atoms with Gasteiger partial charge in [0.25, 0.3) is 0 Å². The van der Waals surface area contributed by atoms with Crippen molar-refractivity contribution in [2.75, 3.05) is 12.0 Å². The Morgan fingerprint density at radius 3 is 2.74 bits per heavy atom. The van der Waals surface area contributed by atoms with E-state index in [-0.39, 0.29) is 6.61 Å². The molecule has 7 heteroatoms. The number of hydrogen-bond donors (Lipinski definition) is 1. The lowest BCUT2D eigenvalue weighted by Crippen LogP contribution is -2.02. The predicted molar refractivity (Wildman–Crippen MR) is 124 cm³/mol. The van der Waals surface area contributed by atoms with Gasteiger partial charge in [-0.3, -0.25) is 5.43 Å². The van der Waals surface area contributed by atoms with Gasteiger partial charge in [-0.2, -0.15) is 10.4 Å². The van der Waals surface area contributed by atoms with Crippen LogP contribution in [-0.4, -0.2) is 17.8 Å². The van der Waals surface area contributed by atoms with Crippen LogP contribution in [0.4, 0.5) is 5.13 Å². The number of nitrogens with one attached hydrogen (secondary N) is 1. The highest BCUT2D eigenvalue weighted by atomic mass is 32.1. The number of aromatic nitrogens is 1. The SMILES string of the molecule is CCOc1cc(/C=N/Nc2nc3ccccc3s2)ccc1OCc1ccccc1C#N. The van der Waals surface area contributed by atoms with E-state index in [4.69, 9.17) is 9.47 Å². The molecule has 0 aliphatic carbocycles. The van der Waals surface area contributed by atoms with E-state index in [1.54, 1.807) is 23.6 Å². The molecule has 0 aliphatic rings. The monoisotopic (exact) mass is 428 g/mol. The molecular weight excluding hydrogens is 408 g/mol. The summed E-state index contributed by atoms with van der Waals surface area (Å²) in [5, 5.41) is 14.3. The Bertz CT molecular complexity index is 1230. The highest BCUT2D eigenvalue weighted by molar-refractivity contribution is 7.22. The van der Waals surface area contributed by atoms with Gasteiger partial charge >= 0.3 is 0 Å². The average Bonchev–Trinajstić information content (AvgIpc) is 3.22. The number of para-hydroxylation sites is 1. The molecule has 4 rings (SSSR count). The number of nitrogens with zero attached hydrogens (tertiary/aromatic N) is 3. The van der Waals surface area contributed by atoms with Gasteiger partial charge < -0.3 is 9.47 Å². The zero-order chi connectivity index (χ0) is 21.5. The van der Waals surface area contributed by atoms with Crippen molar-refractivity contribution in [3.05, 3.63) is 83.4 Å². The Morgan fingerprint density at radius 2 is 1.90 bits per heavy atom. The normalized spacial score (nSPS) is 10.8. The Balaban J connectivity index is 1.46. The molecule has 0 unspecified atom stereocenters. The van der Waals surface area contributed by atoms with E-state index in [0.717, 1.165) is 26.5 Å². The first-order valence-electron chi connectivity index (χ1n) is 9.79. The largest absolute Gasteiger partial charge is 0.490 e. The molecule has 1 aromatic heterocycles. The second-order valence-corrected chi connectivity index (χ2v) is 7.58.